The first-order chi connectivity index (χ1) is 15.6. The molecule has 4 rings (SSSR count). The van der Waals surface area contributed by atoms with E-state index in [1.54, 1.807) is 16.4 Å². The van der Waals surface area contributed by atoms with Crippen LogP contribution < -0.4 is 16.1 Å². The van der Waals surface area contributed by atoms with Crippen molar-refractivity contribution in [3.63, 3.8) is 0 Å². The van der Waals surface area contributed by atoms with Crippen molar-refractivity contribution in [1.82, 2.24) is 4.57 Å². The number of carboxylic acid groups (broad SMARTS) is 1. The maximum atomic E-state index is 15.6. The number of oxime groups is 1. The first-order valence-electron chi connectivity index (χ1n) is 11.0. The Labute approximate surface area is 189 Å². The number of ketones is 1. The molecule has 1 saturated heterocycles. The summed E-state index contributed by atoms with van der Waals surface area (Å²) in [7, 11) is 0. The molecule has 0 radical (unpaired) electrons. The second kappa shape index (κ2) is 8.26. The quantitative estimate of drug-likeness (QED) is 0.503. The second-order valence-electron chi connectivity index (χ2n) is 8.89. The van der Waals surface area contributed by atoms with Crippen LogP contribution in [-0.2, 0) is 4.84 Å². The summed E-state index contributed by atoms with van der Waals surface area (Å²) in [5.41, 5.74) is 5.33. The van der Waals surface area contributed by atoms with Gasteiger partial charge in [0, 0.05) is 31.7 Å². The molecule has 0 spiro atoms. The van der Waals surface area contributed by atoms with Crippen LogP contribution in [0.1, 0.15) is 66.8 Å². The van der Waals surface area contributed by atoms with Crippen molar-refractivity contribution in [3.05, 3.63) is 39.4 Å². The van der Waals surface area contributed by atoms with Crippen molar-refractivity contribution in [2.75, 3.05) is 24.6 Å². The summed E-state index contributed by atoms with van der Waals surface area (Å²) < 4.78 is 17.2. The van der Waals surface area contributed by atoms with E-state index in [0.29, 0.717) is 25.3 Å². The highest BCUT2D eigenvalue weighted by Crippen LogP contribution is 2.41. The molecule has 1 saturated carbocycles. The number of hydrogen-bond donors (Lipinski definition) is 2. The number of carboxylic acids is 1. The van der Waals surface area contributed by atoms with Gasteiger partial charge in [-0.15, -0.1) is 0 Å². The average molecular weight is 458 g/mol. The molecular weight excluding hydrogens is 431 g/mol. The molecule has 2 fully saturated rings. The van der Waals surface area contributed by atoms with Gasteiger partial charge in [0.1, 0.15) is 18.0 Å². The molecule has 9 nitrogen and oxygen atoms in total. The Bertz CT molecular complexity index is 1250. The van der Waals surface area contributed by atoms with Crippen molar-refractivity contribution >= 4 is 34.1 Å². The van der Waals surface area contributed by atoms with E-state index in [-0.39, 0.29) is 34.7 Å². The van der Waals surface area contributed by atoms with E-state index in [0.717, 1.165) is 18.9 Å². The van der Waals surface area contributed by atoms with Gasteiger partial charge in [-0.1, -0.05) is 5.16 Å². The molecule has 1 aromatic carbocycles. The molecule has 1 aliphatic carbocycles. The van der Waals surface area contributed by atoms with Crippen molar-refractivity contribution in [2.24, 2.45) is 10.9 Å². The summed E-state index contributed by atoms with van der Waals surface area (Å²) in [4.78, 5) is 44.3. The Morgan fingerprint density at radius 2 is 2.09 bits per heavy atom. The number of nitrogens with zero attached hydrogens (tertiary/aromatic N) is 3. The Balaban J connectivity index is 1.95. The van der Waals surface area contributed by atoms with Gasteiger partial charge < -0.3 is 25.1 Å². The molecule has 2 heterocycles. The molecule has 0 bridgehead atoms. The SMILES string of the molecule is CCO/N=C1/CCN(c2c(F)cc3c(=O)c(C(=O)O)cn(C4CC4)c3c2C(C)=O)CC1(C)N. The highest BCUT2D eigenvalue weighted by atomic mass is 19.1. The summed E-state index contributed by atoms with van der Waals surface area (Å²) in [6, 6.07) is 0.997. The third kappa shape index (κ3) is 3.99. The second-order valence-corrected chi connectivity index (χ2v) is 8.89. The third-order valence-corrected chi connectivity index (χ3v) is 6.18. The fourth-order valence-electron chi connectivity index (χ4n) is 4.49. The topological polar surface area (TPSA) is 127 Å². The number of hydrogen-bond acceptors (Lipinski definition) is 7. The standard InChI is InChI=1S/C23H27FN4O5/c1-4-33-26-17-7-8-27(11-23(17,3)25)20-16(24)9-14-19(18(20)12(2)29)28(13-5-6-13)10-15(21(14)30)22(31)32/h9-10,13H,4-8,11,25H2,1-3H3,(H,31,32)/b26-17-. The molecule has 1 unspecified atom stereocenters. The number of carbonyl (C=O) groups is 2. The van der Waals surface area contributed by atoms with E-state index in [1.165, 1.54) is 13.1 Å². The highest BCUT2D eigenvalue weighted by molar-refractivity contribution is 6.12. The summed E-state index contributed by atoms with van der Waals surface area (Å²) in [5.74, 6) is -2.57. The van der Waals surface area contributed by atoms with Crippen molar-refractivity contribution in [1.29, 1.82) is 0 Å². The van der Waals surface area contributed by atoms with Crippen LogP contribution in [0.5, 0.6) is 0 Å². The molecule has 176 valence electrons. The Morgan fingerprint density at radius 1 is 1.39 bits per heavy atom. The number of halogens is 1. The zero-order chi connectivity index (χ0) is 24.1. The summed E-state index contributed by atoms with van der Waals surface area (Å²) in [5, 5.41) is 13.5. The van der Waals surface area contributed by atoms with Gasteiger partial charge in [0.05, 0.1) is 33.4 Å². The number of anilines is 1. The lowest BCUT2D eigenvalue weighted by molar-refractivity contribution is 0.0694. The number of aromatic nitrogens is 1. The molecule has 3 N–H and O–H groups in total. The molecule has 33 heavy (non-hydrogen) atoms. The van der Waals surface area contributed by atoms with Crippen molar-refractivity contribution < 1.29 is 23.9 Å². The van der Waals surface area contributed by atoms with Crippen LogP contribution in [-0.4, -0.2) is 52.4 Å². The molecular formula is C23H27FN4O5. The maximum absolute atomic E-state index is 15.6. The molecule has 2 aromatic rings. The third-order valence-electron chi connectivity index (χ3n) is 6.18. The monoisotopic (exact) mass is 458 g/mol. The molecule has 1 aliphatic heterocycles. The first kappa shape index (κ1) is 22.9. The van der Waals surface area contributed by atoms with Gasteiger partial charge in [-0.3, -0.25) is 9.59 Å². The predicted octanol–water partition coefficient (Wildman–Crippen LogP) is 2.70. The van der Waals surface area contributed by atoms with Gasteiger partial charge >= 0.3 is 5.97 Å². The molecule has 10 heteroatoms. The lowest BCUT2D eigenvalue weighted by atomic mass is 9.88. The number of nitrogens with two attached hydrogens (primary N) is 1. The van der Waals surface area contributed by atoms with E-state index in [4.69, 9.17) is 10.6 Å². The molecule has 1 atom stereocenters. The van der Waals surface area contributed by atoms with E-state index < -0.39 is 34.1 Å². The number of pyridine rings is 1. The Hall–Kier alpha value is -3.27. The van der Waals surface area contributed by atoms with Gasteiger partial charge in [-0.2, -0.15) is 0 Å². The number of piperidine rings is 1. The molecule has 0 amide bonds. The number of benzene rings is 1. The van der Waals surface area contributed by atoms with Gasteiger partial charge in [-0.25, -0.2) is 9.18 Å². The smallest absolute Gasteiger partial charge is 0.341 e. The van der Waals surface area contributed by atoms with Gasteiger partial charge in [0.25, 0.3) is 0 Å². The fraction of sp³-hybridized carbons (Fsp3) is 0.478. The maximum Gasteiger partial charge on any atom is 0.341 e. The van der Waals surface area contributed by atoms with E-state index in [1.807, 2.05) is 6.92 Å². The summed E-state index contributed by atoms with van der Waals surface area (Å²) in [6.07, 6.45) is 3.25. The number of Topliss-reactive ketones (excluding diaryl/α,β-unsaturated/α-hetero) is 1. The summed E-state index contributed by atoms with van der Waals surface area (Å²) >= 11 is 0. The van der Waals surface area contributed by atoms with E-state index >= 15 is 4.39 Å². The summed E-state index contributed by atoms with van der Waals surface area (Å²) in [6.45, 7) is 5.82. The average Bonchev–Trinajstić information content (AvgIpc) is 3.57. The Morgan fingerprint density at radius 3 is 2.64 bits per heavy atom. The van der Waals surface area contributed by atoms with Crippen LogP contribution in [0.3, 0.4) is 0 Å². The van der Waals surface area contributed by atoms with Crippen LogP contribution in [0, 0.1) is 5.82 Å². The first-order valence-corrected chi connectivity index (χ1v) is 11.0. The Kier molecular flexibility index (Phi) is 5.73. The number of rotatable bonds is 6. The minimum Gasteiger partial charge on any atom is -0.477 e. The van der Waals surface area contributed by atoms with Crippen LogP contribution in [0.25, 0.3) is 10.9 Å². The van der Waals surface area contributed by atoms with Gasteiger partial charge in [0.2, 0.25) is 5.43 Å². The van der Waals surface area contributed by atoms with Crippen molar-refractivity contribution in [3.8, 4) is 0 Å². The number of fused-ring (bicyclic) bond motifs is 1. The van der Waals surface area contributed by atoms with Crippen molar-refractivity contribution in [2.45, 2.75) is 51.6 Å². The molecule has 2 aliphatic rings. The van der Waals surface area contributed by atoms with E-state index in [2.05, 4.69) is 5.16 Å². The van der Waals surface area contributed by atoms with Crippen LogP contribution in [0.4, 0.5) is 10.1 Å². The fourth-order valence-corrected chi connectivity index (χ4v) is 4.49. The predicted molar refractivity (Wildman–Crippen MR) is 122 cm³/mol. The normalized spacial score (nSPS) is 22.1. The van der Waals surface area contributed by atoms with Crippen LogP contribution in [0.15, 0.2) is 22.2 Å². The molecule has 1 aromatic heterocycles. The van der Waals surface area contributed by atoms with Gasteiger partial charge in [0.15, 0.2) is 5.78 Å². The van der Waals surface area contributed by atoms with Crippen LogP contribution in [0.2, 0.25) is 0 Å². The largest absolute Gasteiger partial charge is 0.477 e. The lowest BCUT2D eigenvalue weighted by Gasteiger charge is -2.40. The van der Waals surface area contributed by atoms with Crippen LogP contribution >= 0.6 is 0 Å². The highest BCUT2D eigenvalue weighted by Gasteiger charge is 2.38. The minimum absolute atomic E-state index is 0.0475. The number of aromatic carboxylic acids is 1. The van der Waals surface area contributed by atoms with Gasteiger partial charge in [-0.05, 0) is 39.7 Å². The van der Waals surface area contributed by atoms with E-state index in [9.17, 15) is 19.5 Å². The zero-order valence-corrected chi connectivity index (χ0v) is 18.9. The lowest BCUT2D eigenvalue weighted by Crippen LogP contribution is -2.59. The zero-order valence-electron chi connectivity index (χ0n) is 18.9. The minimum atomic E-state index is -1.39. The number of carbonyl (C=O) groups excluding carboxylic acids is 1.